The number of aromatic nitrogens is 1. The maximum absolute atomic E-state index is 11.8. The number of pyridine rings is 1. The first kappa shape index (κ1) is 13.5. The minimum atomic E-state index is -0.346. The Morgan fingerprint density at radius 2 is 2.06 bits per heavy atom. The van der Waals surface area contributed by atoms with E-state index in [0.29, 0.717) is 5.92 Å². The number of aromatic amines is 1. The summed E-state index contributed by atoms with van der Waals surface area (Å²) in [6.45, 7) is 6.25. The van der Waals surface area contributed by atoms with Gasteiger partial charge in [0.25, 0.3) is 11.5 Å². The Morgan fingerprint density at radius 1 is 1.35 bits per heavy atom. The summed E-state index contributed by atoms with van der Waals surface area (Å²) in [5.74, 6) is 0.317. The van der Waals surface area contributed by atoms with Crippen LogP contribution in [0.3, 0.4) is 0 Å². The van der Waals surface area contributed by atoms with E-state index in [1.807, 2.05) is 6.92 Å². The molecule has 1 rings (SSSR count). The zero-order valence-electron chi connectivity index (χ0n) is 10.6. The SMILES string of the molecule is CC(C)CCC(C)NC(=O)c1ccc[nH]c1=O. The van der Waals surface area contributed by atoms with Crippen LogP contribution in [0, 0.1) is 5.92 Å². The third kappa shape index (κ3) is 4.43. The smallest absolute Gasteiger partial charge is 0.260 e. The average Bonchev–Trinajstić information content (AvgIpc) is 2.26. The molecule has 2 N–H and O–H groups in total. The second-order valence-electron chi connectivity index (χ2n) is 4.76. The van der Waals surface area contributed by atoms with Crippen molar-refractivity contribution in [3.05, 3.63) is 34.2 Å². The van der Waals surface area contributed by atoms with Crippen LogP contribution in [0.4, 0.5) is 0 Å². The summed E-state index contributed by atoms with van der Waals surface area (Å²) in [6, 6.07) is 3.27. The summed E-state index contributed by atoms with van der Waals surface area (Å²) >= 11 is 0. The summed E-state index contributed by atoms with van der Waals surface area (Å²) < 4.78 is 0. The van der Waals surface area contributed by atoms with E-state index in [0.717, 1.165) is 12.8 Å². The van der Waals surface area contributed by atoms with Gasteiger partial charge in [0.1, 0.15) is 5.56 Å². The van der Waals surface area contributed by atoms with E-state index in [-0.39, 0.29) is 23.1 Å². The summed E-state index contributed by atoms with van der Waals surface area (Å²) in [4.78, 5) is 25.7. The Hall–Kier alpha value is -1.58. The van der Waals surface area contributed by atoms with Crippen LogP contribution in [0.15, 0.2) is 23.1 Å². The lowest BCUT2D eigenvalue weighted by atomic mass is 10.0. The third-order valence-electron chi connectivity index (χ3n) is 2.62. The lowest BCUT2D eigenvalue weighted by Crippen LogP contribution is -2.35. The second kappa shape index (κ2) is 6.23. The van der Waals surface area contributed by atoms with E-state index in [4.69, 9.17) is 0 Å². The van der Waals surface area contributed by atoms with Crippen LogP contribution in [0.2, 0.25) is 0 Å². The number of nitrogens with one attached hydrogen (secondary N) is 2. The number of amides is 1. The number of hydrogen-bond donors (Lipinski definition) is 2. The molecule has 0 bridgehead atoms. The molecule has 0 aliphatic rings. The first-order valence-electron chi connectivity index (χ1n) is 5.99. The largest absolute Gasteiger partial charge is 0.349 e. The molecular weight excluding hydrogens is 216 g/mol. The van der Waals surface area contributed by atoms with Crippen LogP contribution in [-0.2, 0) is 0 Å². The molecule has 0 spiro atoms. The van der Waals surface area contributed by atoms with Crippen molar-refractivity contribution in [1.82, 2.24) is 10.3 Å². The molecule has 0 saturated carbocycles. The van der Waals surface area contributed by atoms with Gasteiger partial charge < -0.3 is 10.3 Å². The van der Waals surface area contributed by atoms with Gasteiger partial charge in [-0.2, -0.15) is 0 Å². The van der Waals surface area contributed by atoms with E-state index in [1.54, 1.807) is 6.07 Å². The number of hydrogen-bond acceptors (Lipinski definition) is 2. The van der Waals surface area contributed by atoms with Crippen molar-refractivity contribution < 1.29 is 4.79 Å². The topological polar surface area (TPSA) is 62.0 Å². The van der Waals surface area contributed by atoms with Crippen molar-refractivity contribution in [3.8, 4) is 0 Å². The van der Waals surface area contributed by atoms with Crippen LogP contribution in [0.1, 0.15) is 44.0 Å². The van der Waals surface area contributed by atoms with Crippen LogP contribution in [-0.4, -0.2) is 16.9 Å². The molecule has 94 valence electrons. The fraction of sp³-hybridized carbons (Fsp3) is 0.538. The molecule has 1 unspecified atom stereocenters. The molecular formula is C13H20N2O2. The van der Waals surface area contributed by atoms with E-state index in [2.05, 4.69) is 24.1 Å². The molecule has 0 saturated heterocycles. The third-order valence-corrected chi connectivity index (χ3v) is 2.62. The van der Waals surface area contributed by atoms with Crippen LogP contribution < -0.4 is 10.9 Å². The monoisotopic (exact) mass is 236 g/mol. The molecule has 0 radical (unpaired) electrons. The molecule has 0 aromatic carbocycles. The first-order chi connectivity index (χ1) is 8.00. The van der Waals surface area contributed by atoms with Crippen molar-refractivity contribution in [2.45, 2.75) is 39.7 Å². The fourth-order valence-corrected chi connectivity index (χ4v) is 1.56. The Balaban J connectivity index is 2.55. The minimum Gasteiger partial charge on any atom is -0.349 e. The van der Waals surface area contributed by atoms with Crippen LogP contribution in [0.5, 0.6) is 0 Å². The summed E-state index contributed by atoms with van der Waals surface area (Å²) in [5, 5.41) is 2.83. The van der Waals surface area contributed by atoms with Crippen molar-refractivity contribution in [1.29, 1.82) is 0 Å². The van der Waals surface area contributed by atoms with E-state index in [9.17, 15) is 9.59 Å². The Morgan fingerprint density at radius 3 is 2.65 bits per heavy atom. The van der Waals surface area contributed by atoms with E-state index < -0.39 is 0 Å². The van der Waals surface area contributed by atoms with Crippen LogP contribution >= 0.6 is 0 Å². The zero-order valence-corrected chi connectivity index (χ0v) is 10.6. The van der Waals surface area contributed by atoms with Gasteiger partial charge in [0.2, 0.25) is 0 Å². The minimum absolute atomic E-state index is 0.0875. The van der Waals surface area contributed by atoms with Crippen molar-refractivity contribution in [2.24, 2.45) is 5.92 Å². The van der Waals surface area contributed by atoms with E-state index in [1.165, 1.54) is 12.3 Å². The van der Waals surface area contributed by atoms with E-state index >= 15 is 0 Å². The molecule has 1 amide bonds. The zero-order chi connectivity index (χ0) is 12.8. The Bertz CT molecular complexity index is 423. The predicted molar refractivity (Wildman–Crippen MR) is 68.1 cm³/mol. The number of carbonyl (C=O) groups excluding carboxylic acids is 1. The molecule has 0 aliphatic carbocycles. The highest BCUT2D eigenvalue weighted by Crippen LogP contribution is 2.06. The van der Waals surface area contributed by atoms with Crippen molar-refractivity contribution in [3.63, 3.8) is 0 Å². The summed E-state index contributed by atoms with van der Waals surface area (Å²) in [7, 11) is 0. The molecule has 4 nitrogen and oxygen atoms in total. The summed E-state index contributed by atoms with van der Waals surface area (Å²) in [6.07, 6.45) is 3.50. The maximum Gasteiger partial charge on any atom is 0.260 e. The molecule has 1 aromatic heterocycles. The second-order valence-corrected chi connectivity index (χ2v) is 4.76. The molecule has 0 fully saturated rings. The first-order valence-corrected chi connectivity index (χ1v) is 5.99. The van der Waals surface area contributed by atoms with Gasteiger partial charge in [-0.05, 0) is 37.8 Å². The Kier molecular flexibility index (Phi) is 4.94. The van der Waals surface area contributed by atoms with Gasteiger partial charge in [0.05, 0.1) is 0 Å². The molecule has 1 heterocycles. The van der Waals surface area contributed by atoms with Gasteiger partial charge in [-0.15, -0.1) is 0 Å². The number of carbonyl (C=O) groups is 1. The molecule has 17 heavy (non-hydrogen) atoms. The van der Waals surface area contributed by atoms with Gasteiger partial charge in [-0.1, -0.05) is 13.8 Å². The highest BCUT2D eigenvalue weighted by molar-refractivity contribution is 5.93. The highest BCUT2D eigenvalue weighted by Gasteiger charge is 2.12. The maximum atomic E-state index is 11.8. The standard InChI is InChI=1S/C13H20N2O2/c1-9(2)6-7-10(3)15-13(17)11-5-4-8-14-12(11)16/h4-5,8-10H,6-7H2,1-3H3,(H,14,16)(H,15,17). The number of H-pyrrole nitrogens is 1. The van der Waals surface area contributed by atoms with Crippen molar-refractivity contribution >= 4 is 5.91 Å². The normalized spacial score (nSPS) is 12.5. The Labute approximate surface area is 101 Å². The molecule has 1 aromatic rings. The fourth-order valence-electron chi connectivity index (χ4n) is 1.56. The molecule has 0 aliphatic heterocycles. The lowest BCUT2D eigenvalue weighted by Gasteiger charge is -2.14. The van der Waals surface area contributed by atoms with Gasteiger partial charge in [0, 0.05) is 12.2 Å². The predicted octanol–water partition coefficient (Wildman–Crippen LogP) is 1.93. The quantitative estimate of drug-likeness (QED) is 0.820. The lowest BCUT2D eigenvalue weighted by molar-refractivity contribution is 0.0935. The van der Waals surface area contributed by atoms with Gasteiger partial charge in [0.15, 0.2) is 0 Å². The van der Waals surface area contributed by atoms with Gasteiger partial charge >= 0.3 is 0 Å². The number of rotatable bonds is 5. The highest BCUT2D eigenvalue weighted by atomic mass is 16.2. The van der Waals surface area contributed by atoms with Crippen LogP contribution in [0.25, 0.3) is 0 Å². The molecule has 1 atom stereocenters. The van der Waals surface area contributed by atoms with Gasteiger partial charge in [-0.3, -0.25) is 9.59 Å². The summed E-state index contributed by atoms with van der Waals surface area (Å²) in [5.41, 5.74) is -0.176. The molecule has 4 heteroatoms. The van der Waals surface area contributed by atoms with Gasteiger partial charge in [-0.25, -0.2) is 0 Å². The van der Waals surface area contributed by atoms with Crippen molar-refractivity contribution in [2.75, 3.05) is 0 Å². The average molecular weight is 236 g/mol.